The maximum atomic E-state index is 5.81. The number of rotatable bonds is 3. The van der Waals surface area contributed by atoms with Crippen LogP contribution in [-0.4, -0.2) is 25.6 Å². The lowest BCUT2D eigenvalue weighted by Crippen LogP contribution is -2.26. The Morgan fingerprint density at radius 1 is 1.31 bits per heavy atom. The normalized spacial score (nSPS) is 25.6. The van der Waals surface area contributed by atoms with Gasteiger partial charge >= 0.3 is 0 Å². The zero-order valence-corrected chi connectivity index (χ0v) is 9.97. The molecule has 3 heteroatoms. The topological polar surface area (TPSA) is 27.7 Å². The smallest absolute Gasteiger partial charge is 0.163 e. The van der Waals surface area contributed by atoms with Crippen LogP contribution in [0.25, 0.3) is 0 Å². The van der Waals surface area contributed by atoms with E-state index in [0.717, 1.165) is 5.56 Å². The largest absolute Gasteiger partial charge is 0.374 e. The van der Waals surface area contributed by atoms with Gasteiger partial charge in [-0.05, 0) is 19.4 Å². The maximum Gasteiger partial charge on any atom is 0.163 e. The van der Waals surface area contributed by atoms with Gasteiger partial charge in [-0.2, -0.15) is 0 Å². The van der Waals surface area contributed by atoms with Gasteiger partial charge < -0.3 is 14.2 Å². The van der Waals surface area contributed by atoms with Crippen LogP contribution < -0.4 is 0 Å². The Bertz CT molecular complexity index is 334. The number of hydrogen-bond acceptors (Lipinski definition) is 3. The molecule has 0 aromatic heterocycles. The van der Waals surface area contributed by atoms with Gasteiger partial charge in [0.25, 0.3) is 0 Å². The number of methoxy groups -OCH3 is 1. The van der Waals surface area contributed by atoms with Gasteiger partial charge in [-0.1, -0.05) is 30.3 Å². The zero-order valence-electron chi connectivity index (χ0n) is 9.97. The first-order valence-electron chi connectivity index (χ1n) is 5.52. The van der Waals surface area contributed by atoms with Crippen LogP contribution in [0.1, 0.15) is 25.5 Å². The zero-order chi connectivity index (χ0) is 11.6. The third kappa shape index (κ3) is 2.43. The first-order chi connectivity index (χ1) is 7.62. The van der Waals surface area contributed by atoms with E-state index in [-0.39, 0.29) is 12.2 Å². The molecule has 1 saturated heterocycles. The first-order valence-corrected chi connectivity index (χ1v) is 5.52. The fourth-order valence-electron chi connectivity index (χ4n) is 2.01. The molecule has 0 spiro atoms. The number of hydrogen-bond donors (Lipinski definition) is 0. The quantitative estimate of drug-likeness (QED) is 0.786. The van der Waals surface area contributed by atoms with E-state index in [0.29, 0.717) is 6.61 Å². The van der Waals surface area contributed by atoms with E-state index >= 15 is 0 Å². The number of ether oxygens (including phenoxy) is 3. The van der Waals surface area contributed by atoms with Crippen LogP contribution in [0.4, 0.5) is 0 Å². The molecular weight excluding hydrogens is 204 g/mol. The van der Waals surface area contributed by atoms with Crippen LogP contribution in [0.15, 0.2) is 30.3 Å². The lowest BCUT2D eigenvalue weighted by molar-refractivity contribution is -0.154. The second-order valence-corrected chi connectivity index (χ2v) is 4.43. The minimum absolute atomic E-state index is 0.0394. The fraction of sp³-hybridized carbons (Fsp3) is 0.538. The summed E-state index contributed by atoms with van der Waals surface area (Å²) in [6.45, 7) is 4.41. The summed E-state index contributed by atoms with van der Waals surface area (Å²) in [5.74, 6) is -0.504. The van der Waals surface area contributed by atoms with Crippen LogP contribution in [-0.2, 0) is 14.2 Å². The van der Waals surface area contributed by atoms with Crippen molar-refractivity contribution in [3.63, 3.8) is 0 Å². The van der Waals surface area contributed by atoms with Crippen molar-refractivity contribution < 1.29 is 14.2 Å². The summed E-state index contributed by atoms with van der Waals surface area (Å²) < 4.78 is 16.9. The maximum absolute atomic E-state index is 5.81. The highest BCUT2D eigenvalue weighted by molar-refractivity contribution is 5.19. The van der Waals surface area contributed by atoms with Gasteiger partial charge in [-0.25, -0.2) is 0 Å². The Morgan fingerprint density at radius 2 is 2.00 bits per heavy atom. The molecule has 0 aliphatic carbocycles. The summed E-state index contributed by atoms with van der Waals surface area (Å²) >= 11 is 0. The highest BCUT2D eigenvalue weighted by atomic mass is 16.7. The van der Waals surface area contributed by atoms with E-state index < -0.39 is 5.79 Å². The Kier molecular flexibility index (Phi) is 3.28. The van der Waals surface area contributed by atoms with Gasteiger partial charge in [-0.15, -0.1) is 0 Å². The highest BCUT2D eigenvalue weighted by Gasteiger charge is 2.38. The standard InChI is InChI=1S/C13H18O3/c1-13(2)15-9-11(16-13)12(14-3)10-7-5-4-6-8-10/h4-8,11-12H,9H2,1-3H3/t11-,12?/m0/s1. The predicted molar refractivity (Wildman–Crippen MR) is 61.1 cm³/mol. The van der Waals surface area contributed by atoms with E-state index in [9.17, 15) is 0 Å². The van der Waals surface area contributed by atoms with Crippen molar-refractivity contribution in [1.29, 1.82) is 0 Å². The summed E-state index contributed by atoms with van der Waals surface area (Å²) in [6.07, 6.45) is -0.106. The average Bonchev–Trinajstić information content (AvgIpc) is 2.62. The van der Waals surface area contributed by atoms with Crippen LogP contribution >= 0.6 is 0 Å². The lowest BCUT2D eigenvalue weighted by atomic mass is 10.1. The molecule has 0 N–H and O–H groups in total. The Labute approximate surface area is 96.3 Å². The predicted octanol–water partition coefficient (Wildman–Crippen LogP) is 2.53. The van der Waals surface area contributed by atoms with Crippen molar-refractivity contribution >= 4 is 0 Å². The van der Waals surface area contributed by atoms with Crippen LogP contribution in [0.3, 0.4) is 0 Å². The van der Waals surface area contributed by atoms with E-state index in [1.54, 1.807) is 7.11 Å². The van der Waals surface area contributed by atoms with Gasteiger partial charge in [0.05, 0.1) is 6.61 Å². The molecule has 2 rings (SSSR count). The van der Waals surface area contributed by atoms with Crippen molar-refractivity contribution in [3.05, 3.63) is 35.9 Å². The molecule has 2 atom stereocenters. The van der Waals surface area contributed by atoms with Crippen LogP contribution in [0.5, 0.6) is 0 Å². The van der Waals surface area contributed by atoms with Gasteiger partial charge in [-0.3, -0.25) is 0 Å². The molecule has 0 bridgehead atoms. The molecule has 1 aromatic rings. The molecule has 88 valence electrons. The van der Waals surface area contributed by atoms with Crippen molar-refractivity contribution in [2.24, 2.45) is 0 Å². The molecule has 3 nitrogen and oxygen atoms in total. The van der Waals surface area contributed by atoms with E-state index in [1.807, 2.05) is 44.2 Å². The second-order valence-electron chi connectivity index (χ2n) is 4.43. The molecule has 1 fully saturated rings. The van der Waals surface area contributed by atoms with Gasteiger partial charge in [0.15, 0.2) is 5.79 Å². The molecule has 1 aromatic carbocycles. The highest BCUT2D eigenvalue weighted by Crippen LogP contribution is 2.32. The molecule has 0 saturated carbocycles. The third-order valence-corrected chi connectivity index (χ3v) is 2.75. The lowest BCUT2D eigenvalue weighted by Gasteiger charge is -2.23. The van der Waals surface area contributed by atoms with Crippen molar-refractivity contribution in [3.8, 4) is 0 Å². The molecule has 0 radical (unpaired) electrons. The monoisotopic (exact) mass is 222 g/mol. The van der Waals surface area contributed by atoms with E-state index in [2.05, 4.69) is 0 Å². The van der Waals surface area contributed by atoms with Crippen molar-refractivity contribution in [2.75, 3.05) is 13.7 Å². The Hall–Kier alpha value is -0.900. The van der Waals surface area contributed by atoms with Gasteiger partial charge in [0, 0.05) is 7.11 Å². The second kappa shape index (κ2) is 4.53. The summed E-state index contributed by atoms with van der Waals surface area (Å²) in [5, 5.41) is 0. The minimum atomic E-state index is -0.504. The summed E-state index contributed by atoms with van der Waals surface area (Å²) in [6, 6.07) is 10.1. The minimum Gasteiger partial charge on any atom is -0.374 e. The van der Waals surface area contributed by atoms with Gasteiger partial charge in [0.2, 0.25) is 0 Å². The Balaban J connectivity index is 2.13. The number of benzene rings is 1. The molecule has 1 aliphatic heterocycles. The molecular formula is C13H18O3. The van der Waals surface area contributed by atoms with Crippen molar-refractivity contribution in [2.45, 2.75) is 31.8 Å². The van der Waals surface area contributed by atoms with Crippen molar-refractivity contribution in [1.82, 2.24) is 0 Å². The fourth-order valence-corrected chi connectivity index (χ4v) is 2.01. The van der Waals surface area contributed by atoms with Crippen LogP contribution in [0.2, 0.25) is 0 Å². The van der Waals surface area contributed by atoms with Crippen LogP contribution in [0, 0.1) is 0 Å². The molecule has 1 aliphatic rings. The SMILES string of the molecule is COC(c1ccccc1)[C@@H]1COC(C)(C)O1. The molecule has 16 heavy (non-hydrogen) atoms. The summed E-state index contributed by atoms with van der Waals surface area (Å²) in [4.78, 5) is 0. The molecule has 0 amide bonds. The summed E-state index contributed by atoms with van der Waals surface area (Å²) in [5.41, 5.74) is 1.12. The van der Waals surface area contributed by atoms with Gasteiger partial charge in [0.1, 0.15) is 12.2 Å². The average molecular weight is 222 g/mol. The van der Waals surface area contributed by atoms with E-state index in [4.69, 9.17) is 14.2 Å². The van der Waals surface area contributed by atoms with E-state index in [1.165, 1.54) is 0 Å². The molecule has 1 heterocycles. The first kappa shape index (κ1) is 11.6. The summed E-state index contributed by atoms with van der Waals surface area (Å²) in [7, 11) is 1.70. The third-order valence-electron chi connectivity index (χ3n) is 2.75. The Morgan fingerprint density at radius 3 is 2.50 bits per heavy atom. The molecule has 1 unspecified atom stereocenters.